The third-order valence-corrected chi connectivity index (χ3v) is 4.10. The largest absolute Gasteiger partial charge is 0.497 e. The zero-order valence-corrected chi connectivity index (χ0v) is 11.8. The predicted molar refractivity (Wildman–Crippen MR) is 81.9 cm³/mol. The molecule has 0 radical (unpaired) electrons. The minimum absolute atomic E-state index is 0.845. The van der Waals surface area contributed by atoms with Gasteiger partial charge in [-0.2, -0.15) is 11.3 Å². The summed E-state index contributed by atoms with van der Waals surface area (Å²) in [5.41, 5.74) is 10.6. The van der Waals surface area contributed by atoms with E-state index < -0.39 is 0 Å². The highest BCUT2D eigenvalue weighted by Crippen LogP contribution is 2.38. The molecule has 0 unspecified atom stereocenters. The number of anilines is 1. The number of fused-ring (bicyclic) bond motifs is 1. The van der Waals surface area contributed by atoms with Crippen molar-refractivity contribution in [3.05, 3.63) is 35.0 Å². The molecule has 98 valence electrons. The topological polar surface area (TPSA) is 40.2 Å². The first kappa shape index (κ1) is 12.1. The van der Waals surface area contributed by atoms with Gasteiger partial charge in [-0.15, -0.1) is 0 Å². The van der Waals surface area contributed by atoms with Gasteiger partial charge in [-0.25, -0.2) is 0 Å². The molecule has 3 nitrogen and oxygen atoms in total. The van der Waals surface area contributed by atoms with Crippen molar-refractivity contribution in [2.24, 2.45) is 0 Å². The number of rotatable bonds is 3. The van der Waals surface area contributed by atoms with Crippen LogP contribution in [0.1, 0.15) is 6.92 Å². The molecule has 0 aliphatic rings. The van der Waals surface area contributed by atoms with Crippen molar-refractivity contribution in [3.8, 4) is 17.0 Å². The molecule has 2 N–H and O–H groups in total. The van der Waals surface area contributed by atoms with E-state index in [1.807, 2.05) is 18.2 Å². The number of methoxy groups -OCH3 is 1. The van der Waals surface area contributed by atoms with Crippen LogP contribution in [0.25, 0.3) is 22.2 Å². The highest BCUT2D eigenvalue weighted by Gasteiger charge is 2.16. The maximum Gasteiger partial charge on any atom is 0.120 e. The molecule has 0 saturated heterocycles. The predicted octanol–water partition coefficient (Wildman–Crippen LogP) is 3.98. The molecule has 0 aliphatic carbocycles. The van der Waals surface area contributed by atoms with Gasteiger partial charge in [0.25, 0.3) is 0 Å². The summed E-state index contributed by atoms with van der Waals surface area (Å²) in [5.74, 6) is 0.858. The minimum atomic E-state index is 0.845. The van der Waals surface area contributed by atoms with E-state index in [4.69, 9.17) is 10.5 Å². The summed E-state index contributed by atoms with van der Waals surface area (Å²) in [6.07, 6.45) is 0. The van der Waals surface area contributed by atoms with E-state index in [9.17, 15) is 0 Å². The van der Waals surface area contributed by atoms with Crippen LogP contribution >= 0.6 is 11.3 Å². The van der Waals surface area contributed by atoms with Crippen LogP contribution in [-0.2, 0) is 6.54 Å². The van der Waals surface area contributed by atoms with Crippen LogP contribution in [0.4, 0.5) is 5.69 Å². The van der Waals surface area contributed by atoms with Gasteiger partial charge in [0, 0.05) is 28.9 Å². The average molecular weight is 272 g/mol. The molecule has 4 heteroatoms. The molecule has 2 aromatic heterocycles. The first-order valence-corrected chi connectivity index (χ1v) is 7.18. The van der Waals surface area contributed by atoms with E-state index in [1.54, 1.807) is 18.4 Å². The normalized spacial score (nSPS) is 11.1. The van der Waals surface area contributed by atoms with Crippen LogP contribution < -0.4 is 10.5 Å². The van der Waals surface area contributed by atoms with Crippen LogP contribution in [0, 0.1) is 0 Å². The molecule has 0 amide bonds. The van der Waals surface area contributed by atoms with Crippen LogP contribution in [0.5, 0.6) is 5.75 Å². The minimum Gasteiger partial charge on any atom is -0.497 e. The van der Waals surface area contributed by atoms with Gasteiger partial charge in [-0.05, 0) is 30.5 Å². The Labute approximate surface area is 116 Å². The summed E-state index contributed by atoms with van der Waals surface area (Å²) in [6.45, 7) is 3.01. The molecular weight excluding hydrogens is 256 g/mol. The summed E-state index contributed by atoms with van der Waals surface area (Å²) in [6, 6.07) is 8.14. The van der Waals surface area contributed by atoms with E-state index in [0.717, 1.165) is 34.6 Å². The quantitative estimate of drug-likeness (QED) is 0.783. The lowest BCUT2D eigenvalue weighted by Crippen LogP contribution is -1.97. The fourth-order valence-corrected chi connectivity index (χ4v) is 3.16. The Kier molecular flexibility index (Phi) is 2.95. The lowest BCUT2D eigenvalue weighted by molar-refractivity contribution is 0.415. The number of aromatic nitrogens is 1. The number of aryl methyl sites for hydroxylation is 1. The van der Waals surface area contributed by atoms with E-state index in [1.165, 1.54) is 5.56 Å². The molecule has 1 aromatic carbocycles. The van der Waals surface area contributed by atoms with Crippen molar-refractivity contribution in [2.75, 3.05) is 12.8 Å². The van der Waals surface area contributed by atoms with Crippen molar-refractivity contribution in [2.45, 2.75) is 13.5 Å². The van der Waals surface area contributed by atoms with Gasteiger partial charge in [-0.1, -0.05) is 0 Å². The zero-order valence-electron chi connectivity index (χ0n) is 11.0. The summed E-state index contributed by atoms with van der Waals surface area (Å²) in [7, 11) is 1.68. The Hall–Kier alpha value is -1.94. The van der Waals surface area contributed by atoms with Crippen LogP contribution in [-0.4, -0.2) is 11.7 Å². The fourth-order valence-electron chi connectivity index (χ4n) is 2.52. The number of thiophene rings is 1. The van der Waals surface area contributed by atoms with Crippen molar-refractivity contribution in [3.63, 3.8) is 0 Å². The molecule has 0 spiro atoms. The Morgan fingerprint density at radius 1 is 1.32 bits per heavy atom. The van der Waals surface area contributed by atoms with Crippen LogP contribution in [0.15, 0.2) is 35.0 Å². The number of nitrogens with two attached hydrogens (primary N) is 1. The first-order valence-electron chi connectivity index (χ1n) is 6.24. The Balaban J connectivity index is 2.36. The molecule has 0 saturated carbocycles. The molecule has 3 aromatic rings. The molecule has 0 fully saturated rings. The third kappa shape index (κ3) is 1.79. The standard InChI is InChI=1S/C15H16N2OS/c1-3-17-13-8-11(18-2)4-5-12(13)14(16)15(17)10-6-7-19-9-10/h4-9H,3,16H2,1-2H3. The lowest BCUT2D eigenvalue weighted by atomic mass is 10.2. The lowest BCUT2D eigenvalue weighted by Gasteiger charge is -2.07. The SMILES string of the molecule is CCn1c(-c2ccsc2)c(N)c2ccc(OC)cc21. The number of ether oxygens (including phenoxy) is 1. The van der Waals surface area contributed by atoms with E-state index in [0.29, 0.717) is 0 Å². The molecule has 0 atom stereocenters. The molecule has 3 rings (SSSR count). The molecular formula is C15H16N2OS. The number of nitrogen functional groups attached to an aromatic ring is 1. The summed E-state index contributed by atoms with van der Waals surface area (Å²) in [5, 5.41) is 5.30. The molecule has 0 aliphatic heterocycles. The maximum atomic E-state index is 6.34. The fraction of sp³-hybridized carbons (Fsp3) is 0.200. The van der Waals surface area contributed by atoms with Gasteiger partial charge in [0.15, 0.2) is 0 Å². The van der Waals surface area contributed by atoms with Gasteiger partial charge in [-0.3, -0.25) is 0 Å². The maximum absolute atomic E-state index is 6.34. The van der Waals surface area contributed by atoms with Crippen LogP contribution in [0.2, 0.25) is 0 Å². The summed E-state index contributed by atoms with van der Waals surface area (Å²) < 4.78 is 7.55. The van der Waals surface area contributed by atoms with Gasteiger partial charge in [0.2, 0.25) is 0 Å². The smallest absolute Gasteiger partial charge is 0.120 e. The first-order chi connectivity index (χ1) is 9.26. The third-order valence-electron chi connectivity index (χ3n) is 3.42. The summed E-state index contributed by atoms with van der Waals surface area (Å²) >= 11 is 1.69. The summed E-state index contributed by atoms with van der Waals surface area (Å²) in [4.78, 5) is 0. The van der Waals surface area contributed by atoms with Gasteiger partial charge >= 0.3 is 0 Å². The Bertz CT molecular complexity index is 713. The van der Waals surface area contributed by atoms with E-state index >= 15 is 0 Å². The molecule has 2 heterocycles. The van der Waals surface area contributed by atoms with E-state index in [2.05, 4.69) is 28.3 Å². The molecule has 19 heavy (non-hydrogen) atoms. The monoisotopic (exact) mass is 272 g/mol. The number of hydrogen-bond acceptors (Lipinski definition) is 3. The Morgan fingerprint density at radius 3 is 2.79 bits per heavy atom. The zero-order chi connectivity index (χ0) is 13.4. The Morgan fingerprint density at radius 2 is 2.16 bits per heavy atom. The number of benzene rings is 1. The van der Waals surface area contributed by atoms with Crippen molar-refractivity contribution in [1.82, 2.24) is 4.57 Å². The number of nitrogens with zero attached hydrogens (tertiary/aromatic N) is 1. The van der Waals surface area contributed by atoms with Gasteiger partial charge < -0.3 is 15.0 Å². The second-order valence-electron chi connectivity index (χ2n) is 4.40. The average Bonchev–Trinajstić information content (AvgIpc) is 3.04. The highest BCUT2D eigenvalue weighted by molar-refractivity contribution is 7.08. The van der Waals surface area contributed by atoms with E-state index in [-0.39, 0.29) is 0 Å². The van der Waals surface area contributed by atoms with Crippen LogP contribution in [0.3, 0.4) is 0 Å². The highest BCUT2D eigenvalue weighted by atomic mass is 32.1. The second-order valence-corrected chi connectivity index (χ2v) is 5.18. The van der Waals surface area contributed by atoms with Crippen molar-refractivity contribution in [1.29, 1.82) is 0 Å². The second kappa shape index (κ2) is 4.63. The van der Waals surface area contributed by atoms with Crippen molar-refractivity contribution < 1.29 is 4.74 Å². The van der Waals surface area contributed by atoms with Gasteiger partial charge in [0.05, 0.1) is 24.0 Å². The van der Waals surface area contributed by atoms with Gasteiger partial charge in [0.1, 0.15) is 5.75 Å². The molecule has 0 bridgehead atoms. The van der Waals surface area contributed by atoms with Crippen molar-refractivity contribution >= 4 is 27.9 Å². The number of hydrogen-bond donors (Lipinski definition) is 1.